The second-order valence-corrected chi connectivity index (χ2v) is 10.2. The molecule has 2 fully saturated rings. The van der Waals surface area contributed by atoms with E-state index >= 15 is 0 Å². The number of amides is 1. The molecule has 1 amide bonds. The Hall–Kier alpha value is -2.42. The van der Waals surface area contributed by atoms with E-state index in [1.807, 2.05) is 34.5 Å². The molecular weight excluding hydrogens is 458 g/mol. The normalized spacial score (nSPS) is 19.8. The monoisotopic (exact) mass is 485 g/mol. The van der Waals surface area contributed by atoms with Crippen LogP contribution in [0.2, 0.25) is 5.02 Å². The molecule has 0 spiro atoms. The molecule has 0 aliphatic carbocycles. The summed E-state index contributed by atoms with van der Waals surface area (Å²) >= 11 is 7.80. The first-order chi connectivity index (χ1) is 16.1. The van der Waals surface area contributed by atoms with E-state index in [0.717, 1.165) is 62.0 Å². The summed E-state index contributed by atoms with van der Waals surface area (Å²) in [4.78, 5) is 25.5. The molecule has 0 saturated carbocycles. The number of piperazine rings is 1. The van der Waals surface area contributed by atoms with Gasteiger partial charge in [0.1, 0.15) is 0 Å². The average molecular weight is 486 g/mol. The Bertz CT molecular complexity index is 1090. The minimum absolute atomic E-state index is 0.0258. The lowest BCUT2D eigenvalue weighted by atomic mass is 9.96. The van der Waals surface area contributed by atoms with Gasteiger partial charge in [0, 0.05) is 43.4 Å². The van der Waals surface area contributed by atoms with Gasteiger partial charge in [-0.1, -0.05) is 28.9 Å². The Kier molecular flexibility index (Phi) is 6.66. The zero-order valence-electron chi connectivity index (χ0n) is 18.7. The van der Waals surface area contributed by atoms with Crippen LogP contribution in [0.15, 0.2) is 40.2 Å². The van der Waals surface area contributed by atoms with Crippen molar-refractivity contribution in [2.24, 2.45) is 5.92 Å². The van der Waals surface area contributed by atoms with E-state index in [4.69, 9.17) is 16.1 Å². The van der Waals surface area contributed by atoms with Crippen molar-refractivity contribution in [3.8, 4) is 10.7 Å². The second kappa shape index (κ2) is 9.83. The number of piperidine rings is 1. The van der Waals surface area contributed by atoms with Crippen molar-refractivity contribution in [2.75, 3.05) is 44.2 Å². The van der Waals surface area contributed by atoms with Gasteiger partial charge in [0.2, 0.25) is 17.6 Å². The molecule has 3 aromatic rings. The van der Waals surface area contributed by atoms with Crippen LogP contribution in [0.5, 0.6) is 0 Å². The number of aryl methyl sites for hydroxylation is 1. The third kappa shape index (κ3) is 5.08. The van der Waals surface area contributed by atoms with Crippen LogP contribution in [0.4, 0.5) is 5.69 Å². The molecule has 2 aromatic heterocycles. The molecule has 2 aliphatic rings. The first-order valence-electron chi connectivity index (χ1n) is 11.5. The standard InChI is InChI=1S/C24H28ClN5O2S/c1-17-6-7-19(25)14-20(17)29-9-11-30(12-10-29)24(31)18-4-2-8-28(15-18)16-22-26-23(27-32-22)21-5-3-13-33-21/h3,5-7,13-14,18H,2,4,8-12,15-16H2,1H3. The number of benzene rings is 1. The highest BCUT2D eigenvalue weighted by molar-refractivity contribution is 7.13. The van der Waals surface area contributed by atoms with E-state index in [-0.39, 0.29) is 11.8 Å². The van der Waals surface area contributed by atoms with Crippen LogP contribution in [0.1, 0.15) is 24.3 Å². The largest absolute Gasteiger partial charge is 0.368 e. The molecule has 2 aliphatic heterocycles. The zero-order valence-corrected chi connectivity index (χ0v) is 20.3. The van der Waals surface area contributed by atoms with E-state index in [1.165, 1.54) is 11.3 Å². The molecule has 33 heavy (non-hydrogen) atoms. The maximum absolute atomic E-state index is 13.3. The number of halogens is 1. The molecule has 0 bridgehead atoms. The quantitative estimate of drug-likeness (QED) is 0.536. The lowest BCUT2D eigenvalue weighted by molar-refractivity contribution is -0.137. The summed E-state index contributed by atoms with van der Waals surface area (Å²) < 4.78 is 5.47. The second-order valence-electron chi connectivity index (χ2n) is 8.81. The van der Waals surface area contributed by atoms with Crippen molar-refractivity contribution >= 4 is 34.5 Å². The van der Waals surface area contributed by atoms with Crippen molar-refractivity contribution in [3.05, 3.63) is 52.2 Å². The molecule has 1 unspecified atom stereocenters. The van der Waals surface area contributed by atoms with Crippen LogP contribution in [0.3, 0.4) is 0 Å². The highest BCUT2D eigenvalue weighted by Gasteiger charge is 2.32. The number of hydrogen-bond acceptors (Lipinski definition) is 7. The van der Waals surface area contributed by atoms with Crippen LogP contribution in [-0.2, 0) is 11.3 Å². The molecular formula is C24H28ClN5O2S. The molecule has 7 nitrogen and oxygen atoms in total. The Balaban J connectivity index is 1.16. The van der Waals surface area contributed by atoms with Crippen molar-refractivity contribution in [1.29, 1.82) is 0 Å². The molecule has 0 radical (unpaired) electrons. The Labute approximate surface area is 202 Å². The van der Waals surface area contributed by atoms with E-state index in [9.17, 15) is 4.79 Å². The van der Waals surface area contributed by atoms with Crippen molar-refractivity contribution in [3.63, 3.8) is 0 Å². The van der Waals surface area contributed by atoms with Crippen LogP contribution in [-0.4, -0.2) is 65.1 Å². The number of carbonyl (C=O) groups excluding carboxylic acids is 1. The number of anilines is 1. The van der Waals surface area contributed by atoms with Gasteiger partial charge in [0.25, 0.3) is 0 Å². The third-order valence-corrected chi connectivity index (χ3v) is 7.63. The number of rotatable bonds is 5. The average Bonchev–Trinajstić information content (AvgIpc) is 3.53. The van der Waals surface area contributed by atoms with Gasteiger partial charge in [-0.15, -0.1) is 11.3 Å². The fraction of sp³-hybridized carbons (Fsp3) is 0.458. The molecule has 0 N–H and O–H groups in total. The topological polar surface area (TPSA) is 65.7 Å². The van der Waals surface area contributed by atoms with Crippen molar-refractivity contribution < 1.29 is 9.32 Å². The molecule has 4 heterocycles. The summed E-state index contributed by atoms with van der Waals surface area (Å²) in [6, 6.07) is 9.97. The zero-order chi connectivity index (χ0) is 22.8. The number of hydrogen-bond donors (Lipinski definition) is 0. The molecule has 2 saturated heterocycles. The first kappa shape index (κ1) is 22.4. The molecule has 5 rings (SSSR count). The first-order valence-corrected chi connectivity index (χ1v) is 12.7. The van der Waals surface area contributed by atoms with Gasteiger partial charge >= 0.3 is 0 Å². The predicted octanol–water partition coefficient (Wildman–Crippen LogP) is 4.32. The van der Waals surface area contributed by atoms with E-state index < -0.39 is 0 Å². The highest BCUT2D eigenvalue weighted by Crippen LogP contribution is 2.27. The van der Waals surface area contributed by atoms with Crippen molar-refractivity contribution in [1.82, 2.24) is 19.9 Å². The number of nitrogens with zero attached hydrogens (tertiary/aromatic N) is 5. The van der Waals surface area contributed by atoms with E-state index in [2.05, 4.69) is 32.9 Å². The fourth-order valence-electron chi connectivity index (χ4n) is 4.77. The summed E-state index contributed by atoms with van der Waals surface area (Å²) in [6.45, 7) is 7.53. The minimum Gasteiger partial charge on any atom is -0.368 e. The highest BCUT2D eigenvalue weighted by atomic mass is 35.5. The Morgan fingerprint density at radius 2 is 2.06 bits per heavy atom. The Morgan fingerprint density at radius 3 is 2.85 bits per heavy atom. The third-order valence-electron chi connectivity index (χ3n) is 6.53. The number of thiophene rings is 1. The summed E-state index contributed by atoms with van der Waals surface area (Å²) in [5.74, 6) is 1.54. The molecule has 9 heteroatoms. The van der Waals surface area contributed by atoms with Gasteiger partial charge in [-0.3, -0.25) is 9.69 Å². The summed E-state index contributed by atoms with van der Waals surface area (Å²) in [7, 11) is 0. The number of likely N-dealkylation sites (tertiary alicyclic amines) is 1. The predicted molar refractivity (Wildman–Crippen MR) is 131 cm³/mol. The van der Waals surface area contributed by atoms with Gasteiger partial charge in [0.05, 0.1) is 17.3 Å². The SMILES string of the molecule is Cc1ccc(Cl)cc1N1CCN(C(=O)C2CCCN(Cc3nc(-c4cccs4)no3)C2)CC1. The summed E-state index contributed by atoms with van der Waals surface area (Å²) in [5, 5.41) is 6.86. The van der Waals surface area contributed by atoms with Crippen LogP contribution in [0.25, 0.3) is 10.7 Å². The van der Waals surface area contributed by atoms with Gasteiger partial charge < -0.3 is 14.3 Å². The van der Waals surface area contributed by atoms with Crippen molar-refractivity contribution in [2.45, 2.75) is 26.3 Å². The molecule has 1 atom stereocenters. The number of aromatic nitrogens is 2. The van der Waals surface area contributed by atoms with Gasteiger partial charge in [-0.05, 0) is 55.5 Å². The number of carbonyl (C=O) groups is 1. The summed E-state index contributed by atoms with van der Waals surface area (Å²) in [6.07, 6.45) is 1.94. The van der Waals surface area contributed by atoms with Gasteiger partial charge in [0.15, 0.2) is 0 Å². The van der Waals surface area contributed by atoms with Crippen LogP contribution in [0, 0.1) is 12.8 Å². The van der Waals surface area contributed by atoms with Crippen LogP contribution >= 0.6 is 22.9 Å². The maximum Gasteiger partial charge on any atom is 0.241 e. The fourth-order valence-corrected chi connectivity index (χ4v) is 5.58. The van der Waals surface area contributed by atoms with Gasteiger partial charge in [-0.2, -0.15) is 4.98 Å². The lowest BCUT2D eigenvalue weighted by Crippen LogP contribution is -2.52. The summed E-state index contributed by atoms with van der Waals surface area (Å²) in [5.41, 5.74) is 2.38. The van der Waals surface area contributed by atoms with E-state index in [0.29, 0.717) is 18.3 Å². The van der Waals surface area contributed by atoms with E-state index in [1.54, 1.807) is 11.3 Å². The Morgan fingerprint density at radius 1 is 1.21 bits per heavy atom. The smallest absolute Gasteiger partial charge is 0.241 e. The lowest BCUT2D eigenvalue weighted by Gasteiger charge is -2.40. The molecule has 174 valence electrons. The maximum atomic E-state index is 13.3. The van der Waals surface area contributed by atoms with Crippen LogP contribution < -0.4 is 4.90 Å². The minimum atomic E-state index is 0.0258. The van der Waals surface area contributed by atoms with Gasteiger partial charge in [-0.25, -0.2) is 0 Å². The molecule has 1 aromatic carbocycles.